The van der Waals surface area contributed by atoms with E-state index in [1.807, 2.05) is 4.57 Å². The van der Waals surface area contributed by atoms with Crippen LogP contribution in [0.1, 0.15) is 0 Å². The molecule has 0 atom stereocenters. The lowest BCUT2D eigenvalue weighted by molar-refractivity contribution is 0.859. The van der Waals surface area contributed by atoms with Gasteiger partial charge in [0.2, 0.25) is 5.95 Å². The average Bonchev–Trinajstić information content (AvgIpc) is 2.46. The molecule has 0 aromatic carbocycles. The van der Waals surface area contributed by atoms with E-state index >= 15 is 0 Å². The number of aliphatic imine (C=N–C) groups is 1. The average molecular weight is 151 g/mol. The summed E-state index contributed by atoms with van der Waals surface area (Å²) >= 11 is 0. The van der Waals surface area contributed by atoms with Gasteiger partial charge in [0.1, 0.15) is 5.84 Å². The maximum Gasteiger partial charge on any atom is 0.231 e. The Hall–Kier alpha value is -1.72. The summed E-state index contributed by atoms with van der Waals surface area (Å²) in [7, 11) is 0. The Morgan fingerprint density at radius 2 is 2.64 bits per heavy atom. The van der Waals surface area contributed by atoms with E-state index in [-0.39, 0.29) is 0 Å². The Labute approximate surface area is 61.9 Å². The number of rotatable bonds is 1. The fourth-order valence-corrected chi connectivity index (χ4v) is 0.968. The number of hydrogen-bond acceptors (Lipinski definition) is 4. The summed E-state index contributed by atoms with van der Waals surface area (Å²) in [6.45, 7) is 0.543. The van der Waals surface area contributed by atoms with Crippen molar-refractivity contribution in [1.82, 2.24) is 15.0 Å². The second-order valence-corrected chi connectivity index (χ2v) is 2.12. The maximum absolute atomic E-state index is 9.76. The first-order valence-electron chi connectivity index (χ1n) is 3.07. The Bertz CT molecular complexity index is 314. The predicted octanol–water partition coefficient (Wildman–Crippen LogP) is 0.198. The molecule has 0 bridgehead atoms. The van der Waals surface area contributed by atoms with E-state index in [0.717, 1.165) is 0 Å². The van der Waals surface area contributed by atoms with E-state index in [4.69, 9.17) is 0 Å². The highest BCUT2D eigenvalue weighted by atomic mass is 16.3. The second-order valence-electron chi connectivity index (χ2n) is 2.12. The summed E-state index contributed by atoms with van der Waals surface area (Å²) < 4.78 is 1.81. The fraction of sp³-hybridized carbons (Fsp3) is 0.200. The van der Waals surface area contributed by atoms with Gasteiger partial charge in [-0.05, 0) is 0 Å². The van der Waals surface area contributed by atoms with Crippen molar-refractivity contribution in [2.45, 2.75) is 6.54 Å². The van der Waals surface area contributed by atoms with Crippen LogP contribution >= 0.6 is 0 Å². The first-order valence-corrected chi connectivity index (χ1v) is 3.07. The van der Waals surface area contributed by atoms with Gasteiger partial charge >= 0.3 is 0 Å². The topological polar surface area (TPSA) is 71.6 Å². The summed E-state index contributed by atoms with van der Waals surface area (Å²) in [4.78, 5) is 17.6. The Morgan fingerprint density at radius 3 is 3.36 bits per heavy atom. The van der Waals surface area contributed by atoms with Gasteiger partial charge in [0.05, 0.1) is 11.8 Å². The predicted molar refractivity (Wildman–Crippen MR) is 38.3 cm³/mol. The van der Waals surface area contributed by atoms with Crippen LogP contribution in [0.3, 0.4) is 0 Å². The molecule has 2 rings (SSSR count). The summed E-state index contributed by atoms with van der Waals surface area (Å²) in [6, 6.07) is 0. The number of imidazole rings is 1. The molecule has 2 heterocycles. The van der Waals surface area contributed by atoms with Crippen molar-refractivity contribution in [3.05, 3.63) is 17.3 Å². The first kappa shape index (κ1) is 6.02. The van der Waals surface area contributed by atoms with Crippen LogP contribution in [-0.4, -0.2) is 15.4 Å². The number of nitrogens with one attached hydrogen (secondary N) is 1. The molecule has 1 N–H and O–H groups in total. The third-order valence-electron chi connectivity index (χ3n) is 1.42. The zero-order chi connectivity index (χ0) is 7.68. The maximum atomic E-state index is 9.76. The van der Waals surface area contributed by atoms with Gasteiger partial charge in [-0.25, -0.2) is 10.4 Å². The molecule has 0 unspecified atom stereocenters. The summed E-state index contributed by atoms with van der Waals surface area (Å²) in [6.07, 6.45) is 3.45. The van der Waals surface area contributed by atoms with Crippen LogP contribution in [0.25, 0.3) is 0 Å². The van der Waals surface area contributed by atoms with Crippen LogP contribution in [-0.2, 0) is 6.54 Å². The van der Waals surface area contributed by atoms with Crippen LogP contribution in [0, 0.1) is 4.91 Å². The molecule has 1 aliphatic heterocycles. The van der Waals surface area contributed by atoms with E-state index in [2.05, 4.69) is 20.7 Å². The minimum atomic E-state index is 0.531. The van der Waals surface area contributed by atoms with Crippen molar-refractivity contribution in [3.8, 4) is 0 Å². The second kappa shape index (κ2) is 2.15. The monoisotopic (exact) mass is 151 g/mol. The molecular formula is C5H5N5O. The molecule has 6 heteroatoms. The number of fused-ring (bicyclic) bond motifs is 1. The van der Waals surface area contributed by atoms with Gasteiger partial charge in [-0.15, -0.1) is 4.91 Å². The molecule has 56 valence electrons. The van der Waals surface area contributed by atoms with Gasteiger partial charge in [-0.2, -0.15) is 4.99 Å². The molecule has 0 amide bonds. The van der Waals surface area contributed by atoms with Crippen molar-refractivity contribution < 1.29 is 0 Å². The van der Waals surface area contributed by atoms with E-state index in [1.165, 1.54) is 0 Å². The molecule has 0 saturated heterocycles. The van der Waals surface area contributed by atoms with E-state index in [1.54, 1.807) is 12.4 Å². The number of hydrogen-bond donors (Lipinski definition) is 1. The standard InChI is InChI=1S/C5H5N5O/c11-9-8-4-3-10-2-1-6-5(10)7-4/h1-2H,3H2,(H,6,7,8,11). The van der Waals surface area contributed by atoms with Crippen LogP contribution < -0.4 is 5.43 Å². The van der Waals surface area contributed by atoms with Crippen LogP contribution in [0.15, 0.2) is 22.7 Å². The van der Waals surface area contributed by atoms with Crippen LogP contribution in [0.4, 0.5) is 5.95 Å². The molecule has 0 aliphatic carbocycles. The van der Waals surface area contributed by atoms with Gasteiger partial charge < -0.3 is 4.57 Å². The van der Waals surface area contributed by atoms with E-state index in [9.17, 15) is 4.91 Å². The SMILES string of the molecule is O=NNC1=Nc2nccn2C1. The zero-order valence-electron chi connectivity index (χ0n) is 5.56. The smallest absolute Gasteiger partial charge is 0.231 e. The number of amidine groups is 1. The Balaban J connectivity index is 2.24. The van der Waals surface area contributed by atoms with Crippen molar-refractivity contribution in [2.75, 3.05) is 0 Å². The van der Waals surface area contributed by atoms with Gasteiger partial charge in [0, 0.05) is 12.4 Å². The molecule has 11 heavy (non-hydrogen) atoms. The molecule has 0 radical (unpaired) electrons. The lowest BCUT2D eigenvalue weighted by Crippen LogP contribution is -2.18. The van der Waals surface area contributed by atoms with Crippen LogP contribution in [0.5, 0.6) is 0 Å². The van der Waals surface area contributed by atoms with Crippen molar-refractivity contribution in [2.24, 2.45) is 10.3 Å². The molecule has 1 aliphatic rings. The highest BCUT2D eigenvalue weighted by Gasteiger charge is 2.13. The minimum Gasteiger partial charge on any atom is -0.308 e. The van der Waals surface area contributed by atoms with Gasteiger partial charge in [-0.1, -0.05) is 0 Å². The number of nitrogens with zero attached hydrogens (tertiary/aromatic N) is 4. The lowest BCUT2D eigenvalue weighted by Gasteiger charge is -1.93. The van der Waals surface area contributed by atoms with Crippen molar-refractivity contribution in [3.63, 3.8) is 0 Å². The Morgan fingerprint density at radius 1 is 1.73 bits per heavy atom. The quantitative estimate of drug-likeness (QED) is 0.460. The minimum absolute atomic E-state index is 0.531. The van der Waals surface area contributed by atoms with Gasteiger partial charge in [0.15, 0.2) is 0 Å². The van der Waals surface area contributed by atoms with Crippen molar-refractivity contribution >= 4 is 11.8 Å². The van der Waals surface area contributed by atoms with Gasteiger partial charge in [0.25, 0.3) is 0 Å². The van der Waals surface area contributed by atoms with E-state index < -0.39 is 0 Å². The van der Waals surface area contributed by atoms with Crippen molar-refractivity contribution in [1.29, 1.82) is 0 Å². The highest BCUT2D eigenvalue weighted by Crippen LogP contribution is 2.14. The Kier molecular flexibility index (Phi) is 1.18. The molecule has 1 aromatic heterocycles. The molecule has 0 saturated carbocycles. The highest BCUT2D eigenvalue weighted by molar-refractivity contribution is 5.86. The van der Waals surface area contributed by atoms with Gasteiger partial charge in [-0.3, -0.25) is 0 Å². The number of aromatic nitrogens is 2. The van der Waals surface area contributed by atoms with E-state index in [0.29, 0.717) is 18.3 Å². The summed E-state index contributed by atoms with van der Waals surface area (Å²) in [5.41, 5.74) is 2.24. The summed E-state index contributed by atoms with van der Waals surface area (Å²) in [5.74, 6) is 1.14. The third kappa shape index (κ3) is 0.878. The zero-order valence-corrected chi connectivity index (χ0v) is 5.56. The largest absolute Gasteiger partial charge is 0.308 e. The fourth-order valence-electron chi connectivity index (χ4n) is 0.968. The molecule has 0 fully saturated rings. The lowest BCUT2D eigenvalue weighted by atomic mass is 10.6. The molecule has 6 nitrogen and oxygen atoms in total. The molecule has 0 spiro atoms. The van der Waals surface area contributed by atoms with Crippen LogP contribution in [0.2, 0.25) is 0 Å². The number of nitroso groups, excluding NO2 is 1. The first-order chi connectivity index (χ1) is 5.40. The summed E-state index contributed by atoms with van der Waals surface area (Å²) in [5, 5.41) is 2.51. The normalized spacial score (nSPS) is 14.0. The molecular weight excluding hydrogens is 146 g/mol. The molecule has 1 aromatic rings. The third-order valence-corrected chi connectivity index (χ3v) is 1.42.